The highest BCUT2D eigenvalue weighted by molar-refractivity contribution is 5.83. The zero-order valence-electron chi connectivity index (χ0n) is 9.76. The minimum atomic E-state index is -0.275. The highest BCUT2D eigenvalue weighted by Crippen LogP contribution is 2.22. The normalized spacial score (nSPS) is 10.8. The molecule has 0 aliphatic carbocycles. The Hall–Kier alpha value is -2.36. The van der Waals surface area contributed by atoms with Crippen LogP contribution in [0, 0.1) is 12.7 Å². The molecule has 0 spiro atoms. The number of hydrogen-bond acceptors (Lipinski definition) is 3. The van der Waals surface area contributed by atoms with Crippen LogP contribution in [0.2, 0.25) is 0 Å². The van der Waals surface area contributed by atoms with Crippen LogP contribution < -0.4 is 0 Å². The molecule has 0 saturated carbocycles. The molecule has 0 atom stereocenters. The van der Waals surface area contributed by atoms with Crippen molar-refractivity contribution in [3.63, 3.8) is 0 Å². The summed E-state index contributed by atoms with van der Waals surface area (Å²) in [7, 11) is 0. The zero-order chi connectivity index (χ0) is 12.5. The second-order valence-corrected chi connectivity index (χ2v) is 4.08. The minimum Gasteiger partial charge on any atom is -0.261 e. The number of aryl methyl sites for hydroxylation is 1. The van der Waals surface area contributed by atoms with Crippen molar-refractivity contribution in [2.45, 2.75) is 6.92 Å². The van der Waals surface area contributed by atoms with Crippen molar-refractivity contribution in [3.05, 3.63) is 54.4 Å². The van der Waals surface area contributed by atoms with Crippen LogP contribution in [0.5, 0.6) is 0 Å². The fourth-order valence-electron chi connectivity index (χ4n) is 1.86. The van der Waals surface area contributed by atoms with Gasteiger partial charge in [0.2, 0.25) is 0 Å². The van der Waals surface area contributed by atoms with Gasteiger partial charge in [-0.1, -0.05) is 6.07 Å². The van der Waals surface area contributed by atoms with Crippen molar-refractivity contribution in [1.82, 2.24) is 15.0 Å². The maximum absolute atomic E-state index is 13.7. The third-order valence-electron chi connectivity index (χ3n) is 2.72. The quantitative estimate of drug-likeness (QED) is 0.654. The lowest BCUT2D eigenvalue weighted by Gasteiger charge is -2.03. The van der Waals surface area contributed by atoms with Crippen LogP contribution in [-0.2, 0) is 0 Å². The van der Waals surface area contributed by atoms with Gasteiger partial charge in [0.25, 0.3) is 0 Å². The molecule has 4 heteroatoms. The number of pyridine rings is 1. The molecule has 0 saturated heterocycles. The Bertz CT molecular complexity index is 725. The Morgan fingerprint density at radius 3 is 2.83 bits per heavy atom. The van der Waals surface area contributed by atoms with E-state index in [4.69, 9.17) is 0 Å². The maximum atomic E-state index is 13.7. The molecule has 0 unspecified atom stereocenters. The molecule has 0 radical (unpaired) electrons. The largest absolute Gasteiger partial charge is 0.261 e. The van der Waals surface area contributed by atoms with Crippen LogP contribution in [-0.4, -0.2) is 15.0 Å². The Kier molecular flexibility index (Phi) is 2.48. The van der Waals surface area contributed by atoms with E-state index in [1.54, 1.807) is 36.8 Å². The summed E-state index contributed by atoms with van der Waals surface area (Å²) >= 11 is 0. The van der Waals surface area contributed by atoms with Gasteiger partial charge in [-0.25, -0.2) is 9.37 Å². The molecule has 0 N–H and O–H groups in total. The van der Waals surface area contributed by atoms with Crippen LogP contribution in [0.1, 0.15) is 5.69 Å². The first-order valence-electron chi connectivity index (χ1n) is 5.57. The summed E-state index contributed by atoms with van der Waals surface area (Å²) in [6.07, 6.45) is 5.01. The summed E-state index contributed by atoms with van der Waals surface area (Å²) in [5, 5.41) is 0.498. The summed E-state index contributed by atoms with van der Waals surface area (Å²) in [5.74, 6) is -0.275. The van der Waals surface area contributed by atoms with E-state index in [9.17, 15) is 4.39 Å². The Labute approximate surface area is 103 Å². The van der Waals surface area contributed by atoms with E-state index in [1.807, 2.05) is 6.92 Å². The van der Waals surface area contributed by atoms with Gasteiger partial charge < -0.3 is 0 Å². The standard InChI is InChI=1S/C14H10FN3/c1-9-6-16-8-14(18-9)10-5-11-12(15)3-2-4-13(11)17-7-10/h2-8H,1H3. The molecule has 3 rings (SSSR count). The van der Waals surface area contributed by atoms with Crippen molar-refractivity contribution in [2.24, 2.45) is 0 Å². The van der Waals surface area contributed by atoms with E-state index in [0.29, 0.717) is 16.6 Å². The van der Waals surface area contributed by atoms with Gasteiger partial charge >= 0.3 is 0 Å². The second-order valence-electron chi connectivity index (χ2n) is 4.08. The monoisotopic (exact) mass is 239 g/mol. The van der Waals surface area contributed by atoms with Crippen molar-refractivity contribution in [2.75, 3.05) is 0 Å². The average molecular weight is 239 g/mol. The molecule has 0 aliphatic rings. The predicted octanol–water partition coefficient (Wildman–Crippen LogP) is 3.14. The molecule has 3 aromatic rings. The molecule has 0 fully saturated rings. The van der Waals surface area contributed by atoms with E-state index < -0.39 is 0 Å². The van der Waals surface area contributed by atoms with Gasteiger partial charge in [-0.3, -0.25) is 9.97 Å². The molecule has 18 heavy (non-hydrogen) atoms. The molecule has 3 nitrogen and oxygen atoms in total. The summed E-state index contributed by atoms with van der Waals surface area (Å²) in [6.45, 7) is 1.87. The van der Waals surface area contributed by atoms with Gasteiger partial charge in [-0.2, -0.15) is 0 Å². The summed E-state index contributed by atoms with van der Waals surface area (Å²) in [5.41, 5.74) is 2.93. The van der Waals surface area contributed by atoms with Gasteiger partial charge in [-0.05, 0) is 25.1 Å². The van der Waals surface area contributed by atoms with Gasteiger partial charge in [0.1, 0.15) is 5.82 Å². The Morgan fingerprint density at radius 2 is 2.00 bits per heavy atom. The zero-order valence-corrected chi connectivity index (χ0v) is 9.76. The number of nitrogens with zero attached hydrogens (tertiary/aromatic N) is 3. The molecule has 2 aromatic heterocycles. The first-order chi connectivity index (χ1) is 8.74. The maximum Gasteiger partial charge on any atom is 0.132 e. The van der Waals surface area contributed by atoms with Crippen LogP contribution in [0.25, 0.3) is 22.2 Å². The topological polar surface area (TPSA) is 38.7 Å². The van der Waals surface area contributed by atoms with Gasteiger partial charge in [0, 0.05) is 23.3 Å². The van der Waals surface area contributed by atoms with E-state index in [-0.39, 0.29) is 5.82 Å². The van der Waals surface area contributed by atoms with E-state index >= 15 is 0 Å². The Morgan fingerprint density at radius 1 is 1.11 bits per heavy atom. The lowest BCUT2D eigenvalue weighted by Crippen LogP contribution is -1.91. The van der Waals surface area contributed by atoms with Crippen LogP contribution in [0.4, 0.5) is 4.39 Å². The van der Waals surface area contributed by atoms with Crippen LogP contribution in [0.3, 0.4) is 0 Å². The van der Waals surface area contributed by atoms with E-state index in [1.165, 1.54) is 6.07 Å². The minimum absolute atomic E-state index is 0.275. The van der Waals surface area contributed by atoms with Gasteiger partial charge in [-0.15, -0.1) is 0 Å². The molecule has 1 aromatic carbocycles. The molecule has 2 heterocycles. The van der Waals surface area contributed by atoms with Crippen LogP contribution >= 0.6 is 0 Å². The molecule has 0 amide bonds. The fraction of sp³-hybridized carbons (Fsp3) is 0.0714. The van der Waals surface area contributed by atoms with Gasteiger partial charge in [0.15, 0.2) is 0 Å². The molecular weight excluding hydrogens is 229 g/mol. The smallest absolute Gasteiger partial charge is 0.132 e. The highest BCUT2D eigenvalue weighted by Gasteiger charge is 2.05. The van der Waals surface area contributed by atoms with Gasteiger partial charge in [0.05, 0.1) is 23.1 Å². The number of hydrogen-bond donors (Lipinski definition) is 0. The summed E-state index contributed by atoms with van der Waals surface area (Å²) in [6, 6.07) is 6.61. The average Bonchev–Trinajstić information content (AvgIpc) is 2.39. The number of rotatable bonds is 1. The van der Waals surface area contributed by atoms with Crippen LogP contribution in [0.15, 0.2) is 42.9 Å². The molecule has 0 bridgehead atoms. The van der Waals surface area contributed by atoms with Crippen molar-refractivity contribution >= 4 is 10.9 Å². The second kappa shape index (κ2) is 4.14. The molecule has 88 valence electrons. The molecular formula is C14H10FN3. The van der Waals surface area contributed by atoms with Crippen molar-refractivity contribution in [1.29, 1.82) is 0 Å². The van der Waals surface area contributed by atoms with Crippen molar-refractivity contribution < 1.29 is 4.39 Å². The van der Waals surface area contributed by atoms with E-state index in [0.717, 1.165) is 11.3 Å². The van der Waals surface area contributed by atoms with E-state index in [2.05, 4.69) is 15.0 Å². The first kappa shape index (κ1) is 10.8. The molecule has 0 aliphatic heterocycles. The highest BCUT2D eigenvalue weighted by atomic mass is 19.1. The fourth-order valence-corrected chi connectivity index (χ4v) is 1.86. The first-order valence-corrected chi connectivity index (χ1v) is 5.57. The number of benzene rings is 1. The SMILES string of the molecule is Cc1cncc(-c2cnc3cccc(F)c3c2)n1. The summed E-state index contributed by atoms with van der Waals surface area (Å²) in [4.78, 5) is 12.7. The Balaban J connectivity index is 2.22. The summed E-state index contributed by atoms with van der Waals surface area (Å²) < 4.78 is 13.7. The number of halogens is 1. The van der Waals surface area contributed by atoms with Crippen molar-refractivity contribution in [3.8, 4) is 11.3 Å². The number of fused-ring (bicyclic) bond motifs is 1. The predicted molar refractivity (Wildman–Crippen MR) is 67.5 cm³/mol. The third-order valence-corrected chi connectivity index (χ3v) is 2.72. The third kappa shape index (κ3) is 1.82. The number of aromatic nitrogens is 3. The lowest BCUT2D eigenvalue weighted by atomic mass is 10.1. The lowest BCUT2D eigenvalue weighted by molar-refractivity contribution is 0.639.